The zero-order valence-corrected chi connectivity index (χ0v) is 23.0. The van der Waals surface area contributed by atoms with Gasteiger partial charge in [-0.2, -0.15) is 0 Å². The van der Waals surface area contributed by atoms with Crippen molar-refractivity contribution in [2.75, 3.05) is 33.1 Å². The Kier molecular flexibility index (Phi) is 6.37. The van der Waals surface area contributed by atoms with Gasteiger partial charge < -0.3 is 29.2 Å². The quantitative estimate of drug-likeness (QED) is 0.354. The number of aromatic nitrogens is 1. The summed E-state index contributed by atoms with van der Waals surface area (Å²) in [6, 6.07) is 17.6. The number of ether oxygens (including phenoxy) is 2. The SMILES string of the molecule is COc1cccc(C2c3cccn3-c3sc4c(c3CN2C(=O)Nc2cc(C)ccc2OC)CCN(C)C4)c1. The highest BCUT2D eigenvalue weighted by Crippen LogP contribution is 2.44. The molecule has 4 heterocycles. The minimum Gasteiger partial charge on any atom is -0.497 e. The average molecular weight is 529 g/mol. The summed E-state index contributed by atoms with van der Waals surface area (Å²) in [5.41, 5.74) is 6.39. The summed E-state index contributed by atoms with van der Waals surface area (Å²) in [6.07, 6.45) is 3.11. The van der Waals surface area contributed by atoms with Gasteiger partial charge in [-0.25, -0.2) is 4.79 Å². The molecule has 0 bridgehead atoms. The molecule has 2 aliphatic rings. The molecular formula is C30H32N4O3S. The number of likely N-dealkylation sites (N-methyl/N-ethyl adjacent to an activating group) is 1. The molecule has 2 amide bonds. The van der Waals surface area contributed by atoms with E-state index >= 15 is 0 Å². The zero-order valence-electron chi connectivity index (χ0n) is 22.2. The average Bonchev–Trinajstić information content (AvgIpc) is 3.50. The number of nitrogens with zero attached hydrogens (tertiary/aromatic N) is 3. The van der Waals surface area contributed by atoms with Crippen LogP contribution in [0.2, 0.25) is 0 Å². The molecule has 2 aliphatic heterocycles. The molecule has 1 N–H and O–H groups in total. The van der Waals surface area contributed by atoms with E-state index in [1.54, 1.807) is 14.2 Å². The number of thiophene rings is 1. The van der Waals surface area contributed by atoms with Gasteiger partial charge in [0.2, 0.25) is 0 Å². The molecule has 2 aromatic heterocycles. The first-order valence-corrected chi connectivity index (χ1v) is 13.6. The summed E-state index contributed by atoms with van der Waals surface area (Å²) in [7, 11) is 5.46. The van der Waals surface area contributed by atoms with Crippen molar-refractivity contribution in [1.29, 1.82) is 0 Å². The Bertz CT molecular complexity index is 1510. The molecule has 0 saturated heterocycles. The Morgan fingerprint density at radius 3 is 2.71 bits per heavy atom. The third-order valence-corrected chi connectivity index (χ3v) is 8.78. The van der Waals surface area contributed by atoms with E-state index in [4.69, 9.17) is 9.47 Å². The van der Waals surface area contributed by atoms with Gasteiger partial charge in [0, 0.05) is 29.7 Å². The molecular weight excluding hydrogens is 496 g/mol. The second-order valence-electron chi connectivity index (χ2n) is 10.0. The highest BCUT2D eigenvalue weighted by atomic mass is 32.1. The first kappa shape index (κ1) is 24.6. The second kappa shape index (κ2) is 9.85. The van der Waals surface area contributed by atoms with Gasteiger partial charge in [-0.15, -0.1) is 11.3 Å². The number of rotatable bonds is 4. The Morgan fingerprint density at radius 1 is 1.03 bits per heavy atom. The molecule has 0 fully saturated rings. The zero-order chi connectivity index (χ0) is 26.4. The molecule has 1 atom stereocenters. The van der Waals surface area contributed by atoms with Gasteiger partial charge in [0.25, 0.3) is 0 Å². The van der Waals surface area contributed by atoms with Crippen LogP contribution in [0.15, 0.2) is 60.8 Å². The lowest BCUT2D eigenvalue weighted by Gasteiger charge is -2.32. The van der Waals surface area contributed by atoms with Crippen LogP contribution in [0.1, 0.15) is 38.9 Å². The van der Waals surface area contributed by atoms with E-state index in [1.807, 2.05) is 59.6 Å². The highest BCUT2D eigenvalue weighted by Gasteiger charge is 2.36. The number of fused-ring (bicyclic) bond motifs is 5. The summed E-state index contributed by atoms with van der Waals surface area (Å²) in [5, 5.41) is 4.39. The molecule has 196 valence electrons. The van der Waals surface area contributed by atoms with Crippen LogP contribution in [0.5, 0.6) is 11.5 Å². The molecule has 0 saturated carbocycles. The van der Waals surface area contributed by atoms with Crippen molar-refractivity contribution in [3.05, 3.63) is 93.6 Å². The number of benzene rings is 2. The van der Waals surface area contributed by atoms with Crippen molar-refractivity contribution in [1.82, 2.24) is 14.4 Å². The lowest BCUT2D eigenvalue weighted by Crippen LogP contribution is -2.38. The molecule has 0 aliphatic carbocycles. The van der Waals surface area contributed by atoms with E-state index < -0.39 is 0 Å². The van der Waals surface area contributed by atoms with Gasteiger partial charge in [0.1, 0.15) is 16.5 Å². The minimum atomic E-state index is -0.308. The smallest absolute Gasteiger partial charge is 0.323 e. The molecule has 8 heteroatoms. The summed E-state index contributed by atoms with van der Waals surface area (Å²) < 4.78 is 13.4. The van der Waals surface area contributed by atoms with Gasteiger partial charge in [0.15, 0.2) is 0 Å². The molecule has 2 aromatic carbocycles. The van der Waals surface area contributed by atoms with Crippen molar-refractivity contribution in [3.63, 3.8) is 0 Å². The van der Waals surface area contributed by atoms with Gasteiger partial charge in [0.05, 0.1) is 38.2 Å². The molecule has 38 heavy (non-hydrogen) atoms. The number of anilines is 1. The second-order valence-corrected chi connectivity index (χ2v) is 11.1. The van der Waals surface area contributed by atoms with Crippen molar-refractivity contribution in [2.24, 2.45) is 0 Å². The molecule has 0 spiro atoms. The number of hydrogen-bond acceptors (Lipinski definition) is 5. The van der Waals surface area contributed by atoms with E-state index in [1.165, 1.54) is 21.0 Å². The molecule has 0 radical (unpaired) electrons. The first-order chi connectivity index (χ1) is 18.5. The van der Waals surface area contributed by atoms with E-state index in [-0.39, 0.29) is 12.1 Å². The fourth-order valence-electron chi connectivity index (χ4n) is 5.62. The number of nitrogens with one attached hydrogen (secondary N) is 1. The van der Waals surface area contributed by atoms with Crippen LogP contribution in [0.25, 0.3) is 5.00 Å². The lowest BCUT2D eigenvalue weighted by atomic mass is 10.00. The van der Waals surface area contributed by atoms with Crippen LogP contribution >= 0.6 is 11.3 Å². The van der Waals surface area contributed by atoms with Crippen molar-refractivity contribution >= 4 is 23.1 Å². The third kappa shape index (κ3) is 4.23. The number of aryl methyl sites for hydroxylation is 1. The predicted molar refractivity (Wildman–Crippen MR) is 151 cm³/mol. The van der Waals surface area contributed by atoms with Crippen LogP contribution in [0, 0.1) is 6.92 Å². The summed E-state index contributed by atoms with van der Waals surface area (Å²) >= 11 is 1.85. The summed E-state index contributed by atoms with van der Waals surface area (Å²) in [6.45, 7) is 4.47. The van der Waals surface area contributed by atoms with Crippen LogP contribution < -0.4 is 14.8 Å². The van der Waals surface area contributed by atoms with E-state index in [9.17, 15) is 4.79 Å². The number of methoxy groups -OCH3 is 2. The standard InChI is InChI=1S/C30H32N4O3S/c1-19-10-11-26(37-4)24(15-19)31-30(35)34-17-23-22-12-14-32(2)18-27(22)38-29(23)33-13-6-9-25(33)28(34)20-7-5-8-21(16-20)36-3/h5-11,13,15-16,28H,12,14,17-18H2,1-4H3,(H,31,35). The van der Waals surface area contributed by atoms with Gasteiger partial charge in [-0.1, -0.05) is 18.2 Å². The fraction of sp³-hybridized carbons (Fsp3) is 0.300. The largest absolute Gasteiger partial charge is 0.497 e. The summed E-state index contributed by atoms with van der Waals surface area (Å²) in [4.78, 5) is 19.9. The van der Waals surface area contributed by atoms with Crippen molar-refractivity contribution in [3.8, 4) is 16.5 Å². The maximum atomic E-state index is 14.2. The normalized spacial score (nSPS) is 16.7. The molecule has 6 rings (SSSR count). The molecule has 7 nitrogen and oxygen atoms in total. The number of amides is 2. The van der Waals surface area contributed by atoms with Crippen LogP contribution in [-0.4, -0.2) is 48.2 Å². The maximum Gasteiger partial charge on any atom is 0.323 e. The maximum absolute atomic E-state index is 14.2. The van der Waals surface area contributed by atoms with Crippen molar-refractivity contribution in [2.45, 2.75) is 32.5 Å². The van der Waals surface area contributed by atoms with E-state index in [0.717, 1.165) is 42.1 Å². The van der Waals surface area contributed by atoms with E-state index in [0.29, 0.717) is 18.0 Å². The van der Waals surface area contributed by atoms with E-state index in [2.05, 4.69) is 46.2 Å². The first-order valence-electron chi connectivity index (χ1n) is 12.8. The molecule has 4 aromatic rings. The monoisotopic (exact) mass is 528 g/mol. The van der Waals surface area contributed by atoms with Gasteiger partial charge in [-0.3, -0.25) is 0 Å². The Labute approximate surface area is 227 Å². The third-order valence-electron chi connectivity index (χ3n) is 7.52. The highest BCUT2D eigenvalue weighted by molar-refractivity contribution is 7.15. The summed E-state index contributed by atoms with van der Waals surface area (Å²) in [5.74, 6) is 1.40. The topological polar surface area (TPSA) is 59.0 Å². The minimum absolute atomic E-state index is 0.171. The van der Waals surface area contributed by atoms with Crippen LogP contribution in [0.3, 0.4) is 0 Å². The van der Waals surface area contributed by atoms with Gasteiger partial charge in [-0.05, 0) is 73.5 Å². The van der Waals surface area contributed by atoms with Gasteiger partial charge >= 0.3 is 6.03 Å². The number of hydrogen-bond donors (Lipinski definition) is 1. The predicted octanol–water partition coefficient (Wildman–Crippen LogP) is 5.99. The Morgan fingerprint density at radius 2 is 1.89 bits per heavy atom. The Hall–Kier alpha value is -3.75. The number of carbonyl (C=O) groups excluding carboxylic acids is 1. The molecule has 1 unspecified atom stereocenters. The van der Waals surface area contributed by atoms with Crippen LogP contribution in [-0.2, 0) is 19.5 Å². The van der Waals surface area contributed by atoms with Crippen molar-refractivity contribution < 1.29 is 14.3 Å². The lowest BCUT2D eigenvalue weighted by molar-refractivity contribution is 0.194. The van der Waals surface area contributed by atoms with Crippen LogP contribution in [0.4, 0.5) is 10.5 Å². The number of urea groups is 1. The number of carbonyl (C=O) groups is 1. The fourth-order valence-corrected chi connectivity index (χ4v) is 7.06. The Balaban J connectivity index is 1.50.